The lowest BCUT2D eigenvalue weighted by Gasteiger charge is -2.31. The zero-order valence-corrected chi connectivity index (χ0v) is 19.0. The lowest BCUT2D eigenvalue weighted by atomic mass is 10.1. The quantitative estimate of drug-likeness (QED) is 0.259. The van der Waals surface area contributed by atoms with E-state index < -0.39 is 22.8 Å². The van der Waals surface area contributed by atoms with Gasteiger partial charge in [-0.2, -0.15) is 0 Å². The Morgan fingerprint density at radius 1 is 0.800 bits per heavy atom. The molecule has 0 saturated heterocycles. The van der Waals surface area contributed by atoms with E-state index in [1.165, 1.54) is 29.3 Å². The second-order valence-corrected chi connectivity index (χ2v) is 8.04. The molecule has 14 heteroatoms. The van der Waals surface area contributed by atoms with Crippen LogP contribution in [-0.4, -0.2) is 122 Å². The minimum Gasteiger partial charge on any atom is -0.508 e. The summed E-state index contributed by atoms with van der Waals surface area (Å²) in [5.41, 5.74) is 0.0767. The summed E-state index contributed by atoms with van der Waals surface area (Å²) in [5, 5.41) is 49.0. The van der Waals surface area contributed by atoms with Gasteiger partial charge in [0.05, 0.1) is 18.0 Å². The van der Waals surface area contributed by atoms with Crippen LogP contribution in [0.2, 0.25) is 0 Å². The number of nitro benzene ring substituents is 1. The summed E-state index contributed by atoms with van der Waals surface area (Å²) in [6.07, 6.45) is 3.09. The van der Waals surface area contributed by atoms with E-state index in [0.29, 0.717) is 0 Å². The number of benzene rings is 1. The van der Waals surface area contributed by atoms with Crippen LogP contribution in [0.3, 0.4) is 0 Å². The molecule has 1 aromatic rings. The van der Waals surface area contributed by atoms with Crippen molar-refractivity contribution in [1.82, 2.24) is 19.6 Å². The molecule has 1 aliphatic rings. The predicted octanol–water partition coefficient (Wildman–Crippen LogP) is -0.253. The Kier molecular flexibility index (Phi) is 10.2. The SMILES string of the molecule is O=C(O)CN1/C=C/N(Cc2cc([N+](=O)[O-])ccc2O)CCN(CC(=O)O)CCN(CC(=O)O)CC1. The number of phenolic OH excluding ortho intramolecular Hbond substituents is 1. The molecule has 0 fully saturated rings. The number of carboxylic acids is 3. The van der Waals surface area contributed by atoms with Crippen molar-refractivity contribution < 1.29 is 39.7 Å². The molecule has 1 heterocycles. The summed E-state index contributed by atoms with van der Waals surface area (Å²) in [6, 6.07) is 3.64. The van der Waals surface area contributed by atoms with Gasteiger partial charge in [0.25, 0.3) is 5.69 Å². The fourth-order valence-corrected chi connectivity index (χ4v) is 3.55. The molecule has 2 rings (SSSR count). The van der Waals surface area contributed by atoms with Crippen LogP contribution in [0.1, 0.15) is 5.56 Å². The molecule has 192 valence electrons. The maximum absolute atomic E-state index is 11.3. The highest BCUT2D eigenvalue weighted by molar-refractivity contribution is 5.70. The first-order chi connectivity index (χ1) is 16.5. The Hall–Kier alpha value is -3.91. The van der Waals surface area contributed by atoms with E-state index in [9.17, 15) is 44.9 Å². The smallest absolute Gasteiger partial charge is 0.323 e. The van der Waals surface area contributed by atoms with Crippen LogP contribution >= 0.6 is 0 Å². The number of rotatable bonds is 9. The molecule has 0 aromatic heterocycles. The van der Waals surface area contributed by atoms with Gasteiger partial charge in [-0.15, -0.1) is 0 Å². The lowest BCUT2D eigenvalue weighted by Crippen LogP contribution is -2.45. The molecule has 1 aliphatic heterocycles. The number of hydrogen-bond acceptors (Lipinski definition) is 10. The van der Waals surface area contributed by atoms with E-state index >= 15 is 0 Å². The number of non-ortho nitro benzene ring substituents is 1. The molecule has 0 aliphatic carbocycles. The molecule has 0 saturated carbocycles. The highest BCUT2D eigenvalue weighted by atomic mass is 16.6. The first kappa shape index (κ1) is 27.3. The van der Waals surface area contributed by atoms with Gasteiger partial charge in [0.2, 0.25) is 0 Å². The van der Waals surface area contributed by atoms with Gasteiger partial charge in [-0.05, 0) is 6.07 Å². The molecule has 14 nitrogen and oxygen atoms in total. The zero-order valence-electron chi connectivity index (χ0n) is 19.0. The third-order valence-corrected chi connectivity index (χ3v) is 5.33. The topological polar surface area (TPSA) is 188 Å². The molecule has 0 atom stereocenters. The van der Waals surface area contributed by atoms with E-state index in [-0.39, 0.29) is 82.4 Å². The van der Waals surface area contributed by atoms with Crippen molar-refractivity contribution in [1.29, 1.82) is 0 Å². The predicted molar refractivity (Wildman–Crippen MR) is 122 cm³/mol. The van der Waals surface area contributed by atoms with Gasteiger partial charge in [-0.3, -0.25) is 34.3 Å². The summed E-state index contributed by atoms with van der Waals surface area (Å²) < 4.78 is 0. The largest absolute Gasteiger partial charge is 0.508 e. The van der Waals surface area contributed by atoms with Gasteiger partial charge >= 0.3 is 17.9 Å². The number of phenols is 1. The van der Waals surface area contributed by atoms with Gasteiger partial charge in [-0.1, -0.05) is 0 Å². The van der Waals surface area contributed by atoms with E-state index in [1.54, 1.807) is 20.9 Å². The summed E-state index contributed by atoms with van der Waals surface area (Å²) in [4.78, 5) is 50.9. The molecule has 4 N–H and O–H groups in total. The van der Waals surface area contributed by atoms with Crippen molar-refractivity contribution >= 4 is 23.6 Å². The van der Waals surface area contributed by atoms with Crippen molar-refractivity contribution in [2.75, 3.05) is 58.9 Å². The molecule has 1 aromatic carbocycles. The third-order valence-electron chi connectivity index (χ3n) is 5.33. The number of nitro groups is 1. The zero-order chi connectivity index (χ0) is 26.0. The minimum absolute atomic E-state index is 0.0526. The average molecular weight is 495 g/mol. The standard InChI is InChI=1S/C21H29N5O9/c27-18-2-1-17(26(34)35)11-16(18)12-22-3-5-23(13-19(28)29)7-9-25(15-21(32)33)10-8-24(6-4-22)14-20(30)31/h1-3,5,11,27H,4,6-10,12-15H2,(H,28,29)(H,30,31)(H,32,33)/b5-3+. The Labute approximate surface area is 201 Å². The lowest BCUT2D eigenvalue weighted by molar-refractivity contribution is -0.385. The minimum atomic E-state index is -1.08. The fourth-order valence-electron chi connectivity index (χ4n) is 3.55. The van der Waals surface area contributed by atoms with E-state index in [4.69, 9.17) is 0 Å². The van der Waals surface area contributed by atoms with Gasteiger partial charge in [0.15, 0.2) is 0 Å². The fraction of sp³-hybridized carbons (Fsp3) is 0.476. The van der Waals surface area contributed by atoms with Crippen LogP contribution in [0.25, 0.3) is 0 Å². The highest BCUT2D eigenvalue weighted by Gasteiger charge is 2.19. The van der Waals surface area contributed by atoms with E-state index in [1.807, 2.05) is 0 Å². The molecule has 0 radical (unpaired) electrons. The normalized spacial score (nSPS) is 17.3. The van der Waals surface area contributed by atoms with Gasteiger partial charge in [0, 0.05) is 75.9 Å². The summed E-state index contributed by atoms with van der Waals surface area (Å²) in [7, 11) is 0. The Bertz CT molecular complexity index is 955. The summed E-state index contributed by atoms with van der Waals surface area (Å²) in [6.45, 7) is 0.637. The van der Waals surface area contributed by atoms with Crippen LogP contribution in [-0.2, 0) is 20.9 Å². The number of carbonyl (C=O) groups is 3. The van der Waals surface area contributed by atoms with E-state index in [0.717, 1.165) is 0 Å². The molecule has 0 unspecified atom stereocenters. The number of aliphatic carboxylic acids is 3. The van der Waals surface area contributed by atoms with Crippen LogP contribution in [0, 0.1) is 10.1 Å². The number of hydrogen-bond donors (Lipinski definition) is 4. The molecule has 0 bridgehead atoms. The first-order valence-electron chi connectivity index (χ1n) is 10.8. The van der Waals surface area contributed by atoms with Crippen LogP contribution in [0.5, 0.6) is 5.75 Å². The average Bonchev–Trinajstić information content (AvgIpc) is 2.75. The first-order valence-corrected chi connectivity index (χ1v) is 10.8. The Morgan fingerprint density at radius 3 is 1.80 bits per heavy atom. The van der Waals surface area contributed by atoms with Crippen molar-refractivity contribution in [2.45, 2.75) is 6.54 Å². The summed E-state index contributed by atoms with van der Waals surface area (Å²) >= 11 is 0. The Balaban J connectivity index is 2.32. The second-order valence-electron chi connectivity index (χ2n) is 8.04. The molecule has 35 heavy (non-hydrogen) atoms. The van der Waals surface area contributed by atoms with Gasteiger partial charge < -0.3 is 30.2 Å². The Morgan fingerprint density at radius 2 is 1.29 bits per heavy atom. The van der Waals surface area contributed by atoms with Gasteiger partial charge in [-0.25, -0.2) is 0 Å². The molecule has 0 amide bonds. The van der Waals surface area contributed by atoms with Crippen molar-refractivity contribution in [2.24, 2.45) is 0 Å². The van der Waals surface area contributed by atoms with Crippen LogP contribution in [0.4, 0.5) is 5.69 Å². The number of nitrogens with zero attached hydrogens (tertiary/aromatic N) is 5. The summed E-state index contributed by atoms with van der Waals surface area (Å²) in [5.74, 6) is -3.33. The van der Waals surface area contributed by atoms with Crippen molar-refractivity contribution in [3.63, 3.8) is 0 Å². The maximum Gasteiger partial charge on any atom is 0.323 e. The molecule has 0 spiro atoms. The van der Waals surface area contributed by atoms with Gasteiger partial charge in [0.1, 0.15) is 12.3 Å². The third kappa shape index (κ3) is 9.85. The van der Waals surface area contributed by atoms with E-state index in [2.05, 4.69) is 0 Å². The number of aromatic hydroxyl groups is 1. The van der Waals surface area contributed by atoms with Crippen LogP contribution in [0.15, 0.2) is 30.6 Å². The molecular weight excluding hydrogens is 466 g/mol. The molecular formula is C21H29N5O9. The monoisotopic (exact) mass is 495 g/mol. The second kappa shape index (κ2) is 13.1. The maximum atomic E-state index is 11.3. The number of carboxylic acid groups (broad SMARTS) is 3. The van der Waals surface area contributed by atoms with Crippen molar-refractivity contribution in [3.05, 3.63) is 46.3 Å². The van der Waals surface area contributed by atoms with Crippen LogP contribution < -0.4 is 0 Å². The highest BCUT2D eigenvalue weighted by Crippen LogP contribution is 2.24. The van der Waals surface area contributed by atoms with Crippen molar-refractivity contribution in [3.8, 4) is 5.75 Å².